The highest BCUT2D eigenvalue weighted by Crippen LogP contribution is 2.31. The zero-order valence-electron chi connectivity index (χ0n) is 17.8. The van der Waals surface area contributed by atoms with Crippen molar-refractivity contribution in [2.75, 3.05) is 51.8 Å². The number of hydrogen-bond acceptors (Lipinski definition) is 6. The summed E-state index contributed by atoms with van der Waals surface area (Å²) in [6.45, 7) is 11.2. The van der Waals surface area contributed by atoms with E-state index in [1.54, 1.807) is 37.6 Å². The van der Waals surface area contributed by atoms with Crippen molar-refractivity contribution in [1.82, 2.24) is 15.2 Å². The fraction of sp³-hybridized carbons (Fsp3) is 0.455. The van der Waals surface area contributed by atoms with Crippen LogP contribution in [0.15, 0.2) is 53.4 Å². The van der Waals surface area contributed by atoms with E-state index in [2.05, 4.69) is 39.1 Å². The minimum atomic E-state index is -0.400. The molecule has 2 amide bonds. The summed E-state index contributed by atoms with van der Waals surface area (Å²) >= 11 is 0. The summed E-state index contributed by atoms with van der Waals surface area (Å²) in [6.07, 6.45) is 4.76. The molecule has 0 spiro atoms. The van der Waals surface area contributed by atoms with Gasteiger partial charge in [0.05, 0.1) is 26.5 Å². The van der Waals surface area contributed by atoms with Crippen LogP contribution in [0.2, 0.25) is 0 Å². The van der Waals surface area contributed by atoms with Crippen LogP contribution in [0.5, 0.6) is 5.75 Å². The van der Waals surface area contributed by atoms with Gasteiger partial charge in [0.15, 0.2) is 0 Å². The number of hydrogen-bond donors (Lipinski definition) is 2. The van der Waals surface area contributed by atoms with Gasteiger partial charge in [-0.15, -0.1) is 6.58 Å². The van der Waals surface area contributed by atoms with Crippen LogP contribution in [0.4, 0.5) is 10.5 Å². The zero-order chi connectivity index (χ0) is 21.3. The van der Waals surface area contributed by atoms with Crippen LogP contribution in [-0.2, 0) is 4.74 Å². The van der Waals surface area contributed by atoms with Gasteiger partial charge in [0.1, 0.15) is 11.6 Å². The zero-order valence-corrected chi connectivity index (χ0v) is 17.8. The van der Waals surface area contributed by atoms with Crippen LogP contribution >= 0.6 is 0 Å². The third-order valence-electron chi connectivity index (χ3n) is 5.18. The second-order valence-electron chi connectivity index (χ2n) is 7.22. The number of morpholine rings is 1. The Kier molecular flexibility index (Phi) is 7.73. The summed E-state index contributed by atoms with van der Waals surface area (Å²) in [4.78, 5) is 16.9. The van der Waals surface area contributed by atoms with Crippen molar-refractivity contribution in [3.63, 3.8) is 0 Å². The number of amides is 2. The van der Waals surface area contributed by atoms with Crippen molar-refractivity contribution in [2.45, 2.75) is 13.3 Å². The van der Waals surface area contributed by atoms with E-state index < -0.39 is 6.03 Å². The maximum atomic E-state index is 12.2. The average molecular weight is 414 g/mol. The largest absolute Gasteiger partial charge is 0.497 e. The van der Waals surface area contributed by atoms with E-state index in [0.29, 0.717) is 5.69 Å². The number of hydrazone groups is 1. The van der Waals surface area contributed by atoms with E-state index in [0.717, 1.165) is 57.1 Å². The minimum Gasteiger partial charge on any atom is -0.497 e. The van der Waals surface area contributed by atoms with Crippen LogP contribution in [0, 0.1) is 5.92 Å². The number of anilines is 1. The Balaban J connectivity index is 1.70. The van der Waals surface area contributed by atoms with Gasteiger partial charge in [-0.05, 0) is 30.7 Å². The molecular weight excluding hydrogens is 382 g/mol. The van der Waals surface area contributed by atoms with Crippen molar-refractivity contribution in [3.05, 3.63) is 48.3 Å². The fourth-order valence-electron chi connectivity index (χ4n) is 3.74. The molecule has 0 bridgehead atoms. The van der Waals surface area contributed by atoms with Gasteiger partial charge in [-0.1, -0.05) is 13.0 Å². The van der Waals surface area contributed by atoms with Crippen molar-refractivity contribution in [2.24, 2.45) is 11.0 Å². The lowest BCUT2D eigenvalue weighted by Crippen LogP contribution is -2.41. The van der Waals surface area contributed by atoms with Gasteiger partial charge >= 0.3 is 6.03 Å². The van der Waals surface area contributed by atoms with E-state index in [-0.39, 0.29) is 5.92 Å². The first kappa shape index (κ1) is 21.7. The summed E-state index contributed by atoms with van der Waals surface area (Å²) < 4.78 is 10.6. The number of rotatable bonds is 8. The summed E-state index contributed by atoms with van der Waals surface area (Å²) in [7, 11) is 1.60. The summed E-state index contributed by atoms with van der Waals surface area (Å²) in [5, 5.41) is 6.97. The summed E-state index contributed by atoms with van der Waals surface area (Å²) in [5.41, 5.74) is 4.30. The normalized spacial score (nSPS) is 19.3. The van der Waals surface area contributed by atoms with E-state index in [9.17, 15) is 4.79 Å². The van der Waals surface area contributed by atoms with Gasteiger partial charge in [0, 0.05) is 43.4 Å². The predicted molar refractivity (Wildman–Crippen MR) is 119 cm³/mol. The molecule has 1 aromatic rings. The van der Waals surface area contributed by atoms with Crippen LogP contribution < -0.4 is 15.5 Å². The van der Waals surface area contributed by atoms with Crippen molar-refractivity contribution >= 4 is 17.9 Å². The molecule has 0 saturated carbocycles. The van der Waals surface area contributed by atoms with Gasteiger partial charge in [0.25, 0.3) is 0 Å². The first-order chi connectivity index (χ1) is 14.7. The second-order valence-corrected chi connectivity index (χ2v) is 7.22. The molecule has 2 aliphatic rings. The standard InChI is InChI=1S/C22H31N5O3/c1-4-10-27-16-17(5-2)20(21(27)26-11-13-30-14-12-26)15-23-25-22(28)24-18-6-8-19(29-3)9-7-18/h5-9,15,17H,2,4,10-14,16H2,1,3H3,(H2,24,25,28)/b23-15+. The second kappa shape index (κ2) is 10.7. The number of methoxy groups -OCH3 is 1. The number of nitrogens with one attached hydrogen (secondary N) is 2. The predicted octanol–water partition coefficient (Wildman–Crippen LogP) is 2.87. The first-order valence-electron chi connectivity index (χ1n) is 10.3. The molecule has 0 aromatic heterocycles. The fourth-order valence-corrected chi connectivity index (χ4v) is 3.74. The quantitative estimate of drug-likeness (QED) is 0.389. The Hall–Kier alpha value is -3.00. The van der Waals surface area contributed by atoms with Crippen molar-refractivity contribution < 1.29 is 14.3 Å². The lowest BCUT2D eigenvalue weighted by Gasteiger charge is -2.35. The first-order valence-corrected chi connectivity index (χ1v) is 10.3. The van der Waals surface area contributed by atoms with E-state index >= 15 is 0 Å². The smallest absolute Gasteiger partial charge is 0.339 e. The van der Waals surface area contributed by atoms with Gasteiger partial charge in [-0.25, -0.2) is 10.2 Å². The Morgan fingerprint density at radius 1 is 1.33 bits per heavy atom. The maximum absolute atomic E-state index is 12.2. The average Bonchev–Trinajstić information content (AvgIpc) is 3.12. The minimum absolute atomic E-state index is 0.171. The van der Waals surface area contributed by atoms with E-state index in [1.807, 2.05) is 6.08 Å². The van der Waals surface area contributed by atoms with Gasteiger partial charge in [-0.3, -0.25) is 0 Å². The molecule has 2 heterocycles. The molecule has 1 unspecified atom stereocenters. The van der Waals surface area contributed by atoms with Crippen LogP contribution in [-0.4, -0.2) is 68.5 Å². The molecule has 8 heteroatoms. The van der Waals surface area contributed by atoms with E-state index in [4.69, 9.17) is 9.47 Å². The SMILES string of the molecule is C=CC1CN(CCC)C(N2CCOCC2)=C1/C=N/NC(=O)Nc1ccc(OC)cc1. The molecule has 2 N–H and O–H groups in total. The molecule has 30 heavy (non-hydrogen) atoms. The molecule has 1 saturated heterocycles. The number of benzene rings is 1. The third-order valence-corrected chi connectivity index (χ3v) is 5.18. The Bertz CT molecular complexity index is 784. The van der Waals surface area contributed by atoms with Gasteiger partial charge in [0.2, 0.25) is 0 Å². The van der Waals surface area contributed by atoms with Crippen LogP contribution in [0.1, 0.15) is 13.3 Å². The molecule has 1 atom stereocenters. The Morgan fingerprint density at radius 3 is 2.70 bits per heavy atom. The van der Waals surface area contributed by atoms with Crippen LogP contribution in [0.3, 0.4) is 0 Å². The molecule has 0 aliphatic carbocycles. The number of carbonyl (C=O) groups is 1. The summed E-state index contributed by atoms with van der Waals surface area (Å²) in [6, 6.07) is 6.72. The molecular formula is C22H31N5O3. The number of nitrogens with zero attached hydrogens (tertiary/aromatic N) is 3. The molecule has 8 nitrogen and oxygen atoms in total. The maximum Gasteiger partial charge on any atom is 0.339 e. The Labute approximate surface area is 178 Å². The van der Waals surface area contributed by atoms with Crippen molar-refractivity contribution in [1.29, 1.82) is 0 Å². The van der Waals surface area contributed by atoms with E-state index in [1.165, 1.54) is 5.82 Å². The van der Waals surface area contributed by atoms with Gasteiger partial charge in [-0.2, -0.15) is 5.10 Å². The summed E-state index contributed by atoms with van der Waals surface area (Å²) in [5.74, 6) is 2.07. The molecule has 2 aliphatic heterocycles. The highest BCUT2D eigenvalue weighted by atomic mass is 16.5. The molecule has 162 valence electrons. The monoisotopic (exact) mass is 413 g/mol. The number of ether oxygens (including phenoxy) is 2. The topological polar surface area (TPSA) is 78.4 Å². The third kappa shape index (κ3) is 5.33. The molecule has 1 aromatic carbocycles. The highest BCUT2D eigenvalue weighted by molar-refractivity contribution is 5.90. The lowest BCUT2D eigenvalue weighted by atomic mass is 10.0. The Morgan fingerprint density at radius 2 is 2.07 bits per heavy atom. The van der Waals surface area contributed by atoms with Crippen LogP contribution in [0.25, 0.3) is 0 Å². The lowest BCUT2D eigenvalue weighted by molar-refractivity contribution is 0.0397. The number of carbonyl (C=O) groups excluding carboxylic acids is 1. The number of urea groups is 1. The molecule has 0 radical (unpaired) electrons. The highest BCUT2D eigenvalue weighted by Gasteiger charge is 2.32. The molecule has 3 rings (SSSR count). The van der Waals surface area contributed by atoms with Crippen molar-refractivity contribution in [3.8, 4) is 5.75 Å². The molecule has 1 fully saturated rings. The van der Waals surface area contributed by atoms with Gasteiger partial charge < -0.3 is 24.6 Å².